The van der Waals surface area contributed by atoms with Gasteiger partial charge in [0.05, 0.1) is 6.61 Å². The highest BCUT2D eigenvalue weighted by atomic mass is 16.5. The van der Waals surface area contributed by atoms with Gasteiger partial charge in [-0.15, -0.1) is 0 Å². The summed E-state index contributed by atoms with van der Waals surface area (Å²) in [6.07, 6.45) is 8.52. The molecule has 0 saturated heterocycles. The van der Waals surface area contributed by atoms with Crippen LogP contribution in [0.4, 0.5) is 0 Å². The first-order valence-electron chi connectivity index (χ1n) is 7.46. The third-order valence-corrected chi connectivity index (χ3v) is 3.33. The maximum atomic E-state index is 11.7. The zero-order valence-corrected chi connectivity index (χ0v) is 12.8. The molecule has 0 heterocycles. The Morgan fingerprint density at radius 3 is 2.63 bits per heavy atom. The quantitative estimate of drug-likeness (QED) is 0.541. The molecule has 0 amide bonds. The van der Waals surface area contributed by atoms with E-state index in [0.717, 1.165) is 25.7 Å². The Kier molecular flexibility index (Phi) is 10.1. The van der Waals surface area contributed by atoms with Crippen LogP contribution in [-0.4, -0.2) is 18.4 Å². The average Bonchev–Trinajstić information content (AvgIpc) is 2.74. The second-order valence-corrected chi connectivity index (χ2v) is 4.62. The molecule has 0 bridgehead atoms. The van der Waals surface area contributed by atoms with Gasteiger partial charge in [-0.1, -0.05) is 32.9 Å². The molecule has 1 aliphatic carbocycles. The summed E-state index contributed by atoms with van der Waals surface area (Å²) in [5.41, 5.74) is 0. The highest BCUT2D eigenvalue weighted by Crippen LogP contribution is 2.34. The number of carbonyl (C=O) groups excluding carboxylic acids is 2. The highest BCUT2D eigenvalue weighted by molar-refractivity contribution is 5.83. The summed E-state index contributed by atoms with van der Waals surface area (Å²) in [6.45, 7) is 7.95. The predicted molar refractivity (Wildman–Crippen MR) is 77.9 cm³/mol. The molecule has 0 aliphatic heterocycles. The third kappa shape index (κ3) is 7.14. The third-order valence-electron chi connectivity index (χ3n) is 3.33. The first kappa shape index (κ1) is 17.9. The molecule has 3 nitrogen and oxygen atoms in total. The number of ketones is 1. The smallest absolute Gasteiger partial charge is 0.302 e. The fourth-order valence-corrected chi connectivity index (χ4v) is 2.41. The molecule has 0 spiro atoms. The van der Waals surface area contributed by atoms with Crippen LogP contribution < -0.4 is 0 Å². The number of esters is 1. The minimum atomic E-state index is -0.239. The van der Waals surface area contributed by atoms with Crippen LogP contribution in [0.3, 0.4) is 0 Å². The summed E-state index contributed by atoms with van der Waals surface area (Å²) in [6, 6.07) is 0. The van der Waals surface area contributed by atoms with Crippen LogP contribution in [0, 0.1) is 11.8 Å². The molecule has 1 aliphatic rings. The Morgan fingerprint density at radius 2 is 2.05 bits per heavy atom. The number of Topliss-reactive ketones (excluding diaryl/α,β-unsaturated/α-hetero) is 1. The van der Waals surface area contributed by atoms with Crippen molar-refractivity contribution in [1.82, 2.24) is 0 Å². The summed E-state index contributed by atoms with van der Waals surface area (Å²) >= 11 is 0. The fourth-order valence-electron chi connectivity index (χ4n) is 2.41. The summed E-state index contributed by atoms with van der Waals surface area (Å²) in [5.74, 6) is 0.673. The molecule has 110 valence electrons. The summed E-state index contributed by atoms with van der Waals surface area (Å²) in [4.78, 5) is 22.4. The second kappa shape index (κ2) is 10.8. The van der Waals surface area contributed by atoms with E-state index in [4.69, 9.17) is 4.74 Å². The van der Waals surface area contributed by atoms with Crippen molar-refractivity contribution in [3.05, 3.63) is 12.2 Å². The summed E-state index contributed by atoms with van der Waals surface area (Å²) in [5, 5.41) is 0. The average molecular weight is 268 g/mol. The van der Waals surface area contributed by atoms with Crippen LogP contribution in [-0.2, 0) is 14.3 Å². The molecule has 0 aromatic heterocycles. The molecule has 2 unspecified atom stereocenters. The van der Waals surface area contributed by atoms with E-state index in [1.54, 1.807) is 0 Å². The molecule has 1 fully saturated rings. The van der Waals surface area contributed by atoms with Gasteiger partial charge in [-0.2, -0.15) is 0 Å². The number of hydrogen-bond donors (Lipinski definition) is 0. The van der Waals surface area contributed by atoms with Crippen molar-refractivity contribution in [3.8, 4) is 0 Å². The van der Waals surface area contributed by atoms with E-state index in [1.807, 2.05) is 13.8 Å². The Labute approximate surface area is 117 Å². The lowest BCUT2D eigenvalue weighted by Crippen LogP contribution is -2.16. The van der Waals surface area contributed by atoms with Crippen molar-refractivity contribution >= 4 is 11.8 Å². The summed E-state index contributed by atoms with van der Waals surface area (Å²) in [7, 11) is 0. The minimum absolute atomic E-state index is 0.147. The standard InChI is InChI=1S/C14H22O3.C2H6/c1-3-4-5-6-13-12(7-8-14(13)16)9-10-17-11(2)15;1-2/h4-5,12-13H,3,6-10H2,1-2H3;1-2H3/b5-4-;. The lowest BCUT2D eigenvalue weighted by atomic mass is 9.90. The topological polar surface area (TPSA) is 43.4 Å². The first-order valence-corrected chi connectivity index (χ1v) is 7.46. The molecule has 0 N–H and O–H groups in total. The Balaban J connectivity index is 0.00000154. The van der Waals surface area contributed by atoms with Gasteiger partial charge in [-0.3, -0.25) is 9.59 Å². The van der Waals surface area contributed by atoms with Gasteiger partial charge in [0.25, 0.3) is 0 Å². The SMILES string of the molecule is CC.CC/C=C\CC1C(=O)CCC1CCOC(C)=O. The number of ether oxygens (including phenoxy) is 1. The van der Waals surface area contributed by atoms with Crippen molar-refractivity contribution < 1.29 is 14.3 Å². The van der Waals surface area contributed by atoms with E-state index < -0.39 is 0 Å². The normalized spacial score (nSPS) is 22.2. The van der Waals surface area contributed by atoms with Crippen LogP contribution in [0.1, 0.15) is 59.8 Å². The van der Waals surface area contributed by atoms with Gasteiger partial charge in [0.1, 0.15) is 5.78 Å². The molecule has 3 heteroatoms. The lowest BCUT2D eigenvalue weighted by Gasteiger charge is -2.16. The molecular weight excluding hydrogens is 240 g/mol. The number of rotatable bonds is 6. The molecule has 19 heavy (non-hydrogen) atoms. The van der Waals surface area contributed by atoms with Gasteiger partial charge >= 0.3 is 5.97 Å². The van der Waals surface area contributed by atoms with Crippen LogP contribution in [0.2, 0.25) is 0 Å². The van der Waals surface area contributed by atoms with Crippen molar-refractivity contribution in [1.29, 1.82) is 0 Å². The number of allylic oxidation sites excluding steroid dienone is 2. The van der Waals surface area contributed by atoms with Crippen LogP contribution in [0.15, 0.2) is 12.2 Å². The van der Waals surface area contributed by atoms with Crippen molar-refractivity contribution in [2.45, 2.75) is 59.8 Å². The van der Waals surface area contributed by atoms with Crippen LogP contribution >= 0.6 is 0 Å². The van der Waals surface area contributed by atoms with E-state index in [9.17, 15) is 9.59 Å². The van der Waals surface area contributed by atoms with E-state index in [2.05, 4.69) is 19.1 Å². The Morgan fingerprint density at radius 1 is 1.37 bits per heavy atom. The van der Waals surface area contributed by atoms with Crippen LogP contribution in [0.25, 0.3) is 0 Å². The maximum absolute atomic E-state index is 11.7. The monoisotopic (exact) mass is 268 g/mol. The van der Waals surface area contributed by atoms with Gasteiger partial charge < -0.3 is 4.74 Å². The maximum Gasteiger partial charge on any atom is 0.302 e. The number of hydrogen-bond acceptors (Lipinski definition) is 3. The zero-order chi connectivity index (χ0) is 14.7. The minimum Gasteiger partial charge on any atom is -0.466 e. The van der Waals surface area contributed by atoms with Gasteiger partial charge in [0.2, 0.25) is 0 Å². The molecule has 1 rings (SSSR count). The summed E-state index contributed by atoms with van der Waals surface area (Å²) < 4.78 is 4.94. The van der Waals surface area contributed by atoms with Gasteiger partial charge in [0, 0.05) is 19.3 Å². The van der Waals surface area contributed by atoms with Gasteiger partial charge in [-0.05, 0) is 31.6 Å². The Bertz CT molecular complexity index is 294. The fraction of sp³-hybridized carbons (Fsp3) is 0.750. The van der Waals surface area contributed by atoms with Gasteiger partial charge in [0.15, 0.2) is 0 Å². The van der Waals surface area contributed by atoms with E-state index in [0.29, 0.717) is 24.7 Å². The lowest BCUT2D eigenvalue weighted by molar-refractivity contribution is -0.141. The molecule has 0 aromatic rings. The van der Waals surface area contributed by atoms with Crippen molar-refractivity contribution in [2.24, 2.45) is 11.8 Å². The van der Waals surface area contributed by atoms with Crippen molar-refractivity contribution in [2.75, 3.05) is 6.61 Å². The molecule has 0 radical (unpaired) electrons. The van der Waals surface area contributed by atoms with E-state index in [1.165, 1.54) is 6.92 Å². The molecule has 1 saturated carbocycles. The van der Waals surface area contributed by atoms with E-state index in [-0.39, 0.29) is 11.9 Å². The molecule has 2 atom stereocenters. The van der Waals surface area contributed by atoms with Gasteiger partial charge in [-0.25, -0.2) is 0 Å². The van der Waals surface area contributed by atoms with Crippen molar-refractivity contribution in [3.63, 3.8) is 0 Å². The Hall–Kier alpha value is -1.12. The first-order chi connectivity index (χ1) is 9.15. The number of carbonyl (C=O) groups is 2. The zero-order valence-electron chi connectivity index (χ0n) is 12.8. The second-order valence-electron chi connectivity index (χ2n) is 4.62. The molecular formula is C16H28O3. The molecule has 0 aromatic carbocycles. The highest BCUT2D eigenvalue weighted by Gasteiger charge is 2.33. The van der Waals surface area contributed by atoms with Crippen LogP contribution in [0.5, 0.6) is 0 Å². The largest absolute Gasteiger partial charge is 0.466 e. The van der Waals surface area contributed by atoms with E-state index >= 15 is 0 Å². The predicted octanol–water partition coefficient (Wildman–Crippen LogP) is 3.92.